The summed E-state index contributed by atoms with van der Waals surface area (Å²) in [5.41, 5.74) is 2.81. The highest BCUT2D eigenvalue weighted by Gasteiger charge is 2.61. The van der Waals surface area contributed by atoms with Gasteiger partial charge in [-0.25, -0.2) is 0 Å². The highest BCUT2D eigenvalue weighted by atomic mass is 16.1. The monoisotopic (exact) mass is 326 g/mol. The zero-order valence-electron chi connectivity index (χ0n) is 15.5. The van der Waals surface area contributed by atoms with E-state index in [-0.39, 0.29) is 22.5 Å². The van der Waals surface area contributed by atoms with Crippen molar-refractivity contribution in [3.05, 3.63) is 23.3 Å². The molecule has 4 rings (SSSR count). The number of allylic oxidation sites excluding steroid dienone is 3. The van der Waals surface area contributed by atoms with Crippen LogP contribution in [0.25, 0.3) is 0 Å². The third-order valence-corrected chi connectivity index (χ3v) is 8.15. The molecule has 0 saturated heterocycles. The van der Waals surface area contributed by atoms with Crippen LogP contribution in [0.1, 0.15) is 66.2 Å². The molecule has 4 aliphatic carbocycles. The van der Waals surface area contributed by atoms with E-state index in [2.05, 4.69) is 33.8 Å². The zero-order valence-corrected chi connectivity index (χ0v) is 15.5. The number of hydrogen-bond acceptors (Lipinski definition) is 2. The Labute approximate surface area is 145 Å². The summed E-state index contributed by atoms with van der Waals surface area (Å²) in [5.74, 6) is 2.62. The molecule has 6 atom stereocenters. The van der Waals surface area contributed by atoms with Gasteiger partial charge in [0.25, 0.3) is 0 Å². The standard InChI is InChI=1S/C22H30O2/c1-5-17-13(2)10-18-16-7-6-14-11-15(23)8-9-21(14,3)20(16)19(24)12-22(17,18)4/h5,11,13,16,18,20H,6-10,12H2,1-4H3/t13-,16+,18+,20-,21+,22-/m1/s1. The Morgan fingerprint density at radius 3 is 2.62 bits per heavy atom. The lowest BCUT2D eigenvalue weighted by Gasteiger charge is -2.56. The summed E-state index contributed by atoms with van der Waals surface area (Å²) in [6.45, 7) is 9.11. The minimum atomic E-state index is -0.0584. The second-order valence-corrected chi connectivity index (χ2v) is 9.28. The molecule has 0 N–H and O–H groups in total. The fraction of sp³-hybridized carbons (Fsp3) is 0.727. The van der Waals surface area contributed by atoms with Gasteiger partial charge in [0.05, 0.1) is 0 Å². The summed E-state index contributed by atoms with van der Waals surface area (Å²) < 4.78 is 0. The molecule has 0 radical (unpaired) electrons. The van der Waals surface area contributed by atoms with Gasteiger partial charge in [0, 0.05) is 18.8 Å². The first-order valence-corrected chi connectivity index (χ1v) is 9.74. The van der Waals surface area contributed by atoms with E-state index in [1.54, 1.807) is 0 Å². The molecule has 4 aliphatic rings. The maximum atomic E-state index is 13.3. The smallest absolute Gasteiger partial charge is 0.155 e. The summed E-state index contributed by atoms with van der Waals surface area (Å²) in [6.07, 6.45) is 9.72. The highest BCUT2D eigenvalue weighted by Crippen LogP contribution is 2.66. The summed E-state index contributed by atoms with van der Waals surface area (Å²) in [6, 6.07) is 0. The van der Waals surface area contributed by atoms with Gasteiger partial charge in [-0.15, -0.1) is 0 Å². The van der Waals surface area contributed by atoms with E-state index in [1.807, 2.05) is 6.08 Å². The van der Waals surface area contributed by atoms with Gasteiger partial charge in [0.1, 0.15) is 5.78 Å². The Morgan fingerprint density at radius 1 is 1.17 bits per heavy atom. The van der Waals surface area contributed by atoms with Crippen LogP contribution in [0.3, 0.4) is 0 Å². The molecule has 0 aromatic rings. The molecule has 0 aromatic carbocycles. The van der Waals surface area contributed by atoms with Gasteiger partial charge in [0.15, 0.2) is 5.78 Å². The summed E-state index contributed by atoms with van der Waals surface area (Å²) in [4.78, 5) is 25.2. The van der Waals surface area contributed by atoms with Crippen molar-refractivity contribution in [1.82, 2.24) is 0 Å². The van der Waals surface area contributed by atoms with Crippen molar-refractivity contribution in [1.29, 1.82) is 0 Å². The lowest BCUT2D eigenvalue weighted by atomic mass is 9.47. The molecule has 3 saturated carbocycles. The van der Waals surface area contributed by atoms with Crippen molar-refractivity contribution < 1.29 is 9.59 Å². The average molecular weight is 326 g/mol. The van der Waals surface area contributed by atoms with Gasteiger partial charge in [-0.3, -0.25) is 9.59 Å². The van der Waals surface area contributed by atoms with Crippen LogP contribution in [0.2, 0.25) is 0 Å². The van der Waals surface area contributed by atoms with E-state index in [0.29, 0.717) is 36.4 Å². The number of fused-ring (bicyclic) bond motifs is 5. The minimum absolute atomic E-state index is 0.0584. The van der Waals surface area contributed by atoms with E-state index in [9.17, 15) is 9.59 Å². The molecule has 0 amide bonds. The molecular weight excluding hydrogens is 296 g/mol. The van der Waals surface area contributed by atoms with E-state index in [4.69, 9.17) is 0 Å². The largest absolute Gasteiger partial charge is 0.299 e. The van der Waals surface area contributed by atoms with Crippen LogP contribution >= 0.6 is 0 Å². The molecule has 0 heterocycles. The fourth-order valence-corrected chi connectivity index (χ4v) is 7.19. The maximum Gasteiger partial charge on any atom is 0.155 e. The quantitative estimate of drug-likeness (QED) is 0.594. The Hall–Kier alpha value is -1.18. The Kier molecular flexibility index (Phi) is 3.50. The molecule has 2 heteroatoms. The molecule has 24 heavy (non-hydrogen) atoms. The predicted molar refractivity (Wildman–Crippen MR) is 95.4 cm³/mol. The zero-order chi connectivity index (χ0) is 17.3. The van der Waals surface area contributed by atoms with E-state index in [1.165, 1.54) is 17.6 Å². The first-order chi connectivity index (χ1) is 11.3. The Morgan fingerprint density at radius 2 is 1.92 bits per heavy atom. The summed E-state index contributed by atoms with van der Waals surface area (Å²) in [5, 5.41) is 0. The average Bonchev–Trinajstić information content (AvgIpc) is 2.77. The van der Waals surface area contributed by atoms with Crippen LogP contribution in [-0.4, -0.2) is 11.6 Å². The third kappa shape index (κ3) is 1.95. The highest BCUT2D eigenvalue weighted by molar-refractivity contribution is 5.93. The third-order valence-electron chi connectivity index (χ3n) is 8.15. The van der Waals surface area contributed by atoms with E-state index >= 15 is 0 Å². The van der Waals surface area contributed by atoms with Crippen molar-refractivity contribution in [2.24, 2.45) is 34.5 Å². The van der Waals surface area contributed by atoms with Crippen molar-refractivity contribution >= 4 is 11.6 Å². The Bertz CT molecular complexity index is 669. The molecule has 0 spiro atoms. The number of carbonyl (C=O) groups is 2. The molecule has 3 fully saturated rings. The van der Waals surface area contributed by atoms with Gasteiger partial charge >= 0.3 is 0 Å². The second kappa shape index (κ2) is 5.16. The van der Waals surface area contributed by atoms with Crippen LogP contribution < -0.4 is 0 Å². The SMILES string of the molecule is CC=C1[C@H](C)C[C@H]2[C@@H]3CCC4=CC(=O)CC[C@]4(C)[C@H]3C(=O)C[C@]12C. The summed E-state index contributed by atoms with van der Waals surface area (Å²) >= 11 is 0. The van der Waals surface area contributed by atoms with Crippen LogP contribution in [-0.2, 0) is 9.59 Å². The molecule has 130 valence electrons. The van der Waals surface area contributed by atoms with E-state index in [0.717, 1.165) is 19.3 Å². The van der Waals surface area contributed by atoms with Gasteiger partial charge in [0.2, 0.25) is 0 Å². The predicted octanol–water partition coefficient (Wildman–Crippen LogP) is 4.89. The molecule has 0 aromatic heterocycles. The number of rotatable bonds is 0. The first kappa shape index (κ1) is 16.3. The van der Waals surface area contributed by atoms with Crippen molar-refractivity contribution in [2.45, 2.75) is 66.2 Å². The van der Waals surface area contributed by atoms with Gasteiger partial charge in [-0.1, -0.05) is 38.0 Å². The normalized spacial score (nSPS) is 49.5. The van der Waals surface area contributed by atoms with Gasteiger partial charge < -0.3 is 0 Å². The molecule has 2 nitrogen and oxygen atoms in total. The van der Waals surface area contributed by atoms with Crippen molar-refractivity contribution in [3.63, 3.8) is 0 Å². The van der Waals surface area contributed by atoms with Gasteiger partial charge in [-0.2, -0.15) is 0 Å². The second-order valence-electron chi connectivity index (χ2n) is 9.28. The molecular formula is C22H30O2. The van der Waals surface area contributed by atoms with E-state index < -0.39 is 0 Å². The molecule has 0 aliphatic heterocycles. The number of ketones is 2. The minimum Gasteiger partial charge on any atom is -0.299 e. The lowest BCUT2D eigenvalue weighted by Crippen LogP contribution is -2.54. The first-order valence-electron chi connectivity index (χ1n) is 9.74. The number of carbonyl (C=O) groups excluding carboxylic acids is 2. The fourth-order valence-electron chi connectivity index (χ4n) is 7.19. The van der Waals surface area contributed by atoms with Crippen LogP contribution in [0.4, 0.5) is 0 Å². The Balaban J connectivity index is 1.77. The molecule has 0 bridgehead atoms. The molecule has 0 unspecified atom stereocenters. The number of Topliss-reactive ketones (excluding diaryl/α,β-unsaturated/α-hetero) is 1. The van der Waals surface area contributed by atoms with Crippen LogP contribution in [0, 0.1) is 34.5 Å². The topological polar surface area (TPSA) is 34.1 Å². The van der Waals surface area contributed by atoms with Crippen LogP contribution in [0.15, 0.2) is 23.3 Å². The van der Waals surface area contributed by atoms with Crippen LogP contribution in [0.5, 0.6) is 0 Å². The van der Waals surface area contributed by atoms with Gasteiger partial charge in [-0.05, 0) is 67.3 Å². The number of hydrogen-bond donors (Lipinski definition) is 0. The summed E-state index contributed by atoms with van der Waals surface area (Å²) in [7, 11) is 0. The lowest BCUT2D eigenvalue weighted by molar-refractivity contribution is -0.142. The van der Waals surface area contributed by atoms with Crippen molar-refractivity contribution in [2.75, 3.05) is 0 Å². The maximum absolute atomic E-state index is 13.3. The van der Waals surface area contributed by atoms with Crippen molar-refractivity contribution in [3.8, 4) is 0 Å².